The van der Waals surface area contributed by atoms with Crippen LogP contribution in [0, 0.1) is 3.57 Å². The molecule has 1 aromatic rings. The van der Waals surface area contributed by atoms with E-state index in [2.05, 4.69) is 39.3 Å². The molecule has 0 saturated heterocycles. The van der Waals surface area contributed by atoms with Crippen molar-refractivity contribution >= 4 is 47.0 Å². The monoisotopic (exact) mass is 304 g/mol. The van der Waals surface area contributed by atoms with E-state index in [0.717, 1.165) is 3.57 Å². The first-order valence-electron chi connectivity index (χ1n) is 3.81. The molecule has 0 aliphatic rings. The van der Waals surface area contributed by atoms with Gasteiger partial charge in [0.25, 0.3) is 0 Å². The topological polar surface area (TPSA) is 65.5 Å². The summed E-state index contributed by atoms with van der Waals surface area (Å²) in [6, 6.07) is 0. The minimum absolute atomic E-state index is 0.258. The maximum Gasteiger partial charge on any atom is 0.331 e. The molecular formula is C9H9IN2O2. The second kappa shape index (κ2) is 4.41. The average Bonchev–Trinajstić information content (AvgIpc) is 2.46. The third-order valence-electron chi connectivity index (χ3n) is 1.69. The number of carboxylic acid groups (broad SMARTS) is 1. The summed E-state index contributed by atoms with van der Waals surface area (Å²) in [5.74, 6) is -0.940. The van der Waals surface area contributed by atoms with E-state index < -0.39 is 5.97 Å². The van der Waals surface area contributed by atoms with Crippen molar-refractivity contribution in [1.29, 1.82) is 0 Å². The molecule has 2 N–H and O–H groups in total. The van der Waals surface area contributed by atoms with Crippen LogP contribution in [0.3, 0.4) is 0 Å². The number of halogens is 1. The lowest BCUT2D eigenvalue weighted by Gasteiger charge is -1.94. The number of nitrogens with one attached hydrogen (secondary N) is 1. The number of aliphatic imine (C=N–C) groups is 1. The van der Waals surface area contributed by atoms with Crippen LogP contribution < -0.4 is 0 Å². The Labute approximate surface area is 94.9 Å². The molecule has 0 amide bonds. The lowest BCUT2D eigenvalue weighted by Crippen LogP contribution is -1.95. The van der Waals surface area contributed by atoms with Crippen molar-refractivity contribution in [3.05, 3.63) is 21.0 Å². The van der Waals surface area contributed by atoms with Crippen molar-refractivity contribution in [2.75, 3.05) is 0 Å². The first-order valence-corrected chi connectivity index (χ1v) is 4.89. The summed E-state index contributed by atoms with van der Waals surface area (Å²) in [7, 11) is 0. The molecule has 1 rings (SSSR count). The molecule has 14 heavy (non-hydrogen) atoms. The number of aromatic nitrogens is 1. The van der Waals surface area contributed by atoms with Crippen molar-refractivity contribution < 1.29 is 9.90 Å². The maximum atomic E-state index is 10.6. The number of hydrogen-bond donors (Lipinski definition) is 2. The van der Waals surface area contributed by atoms with Crippen LogP contribution in [0.5, 0.6) is 0 Å². The Morgan fingerprint density at radius 3 is 2.93 bits per heavy atom. The molecule has 1 heterocycles. The van der Waals surface area contributed by atoms with Gasteiger partial charge in [0.05, 0.1) is 9.26 Å². The number of nitrogens with zero attached hydrogens (tertiary/aromatic N) is 1. The Balaban J connectivity index is 3.14. The van der Waals surface area contributed by atoms with Crippen LogP contribution in [-0.4, -0.2) is 22.8 Å². The van der Waals surface area contributed by atoms with Gasteiger partial charge in [-0.05, 0) is 42.3 Å². The van der Waals surface area contributed by atoms with E-state index in [1.807, 2.05) is 0 Å². The lowest BCUT2D eigenvalue weighted by atomic mass is 10.2. The highest BCUT2D eigenvalue weighted by molar-refractivity contribution is 14.1. The molecular weight excluding hydrogens is 295 g/mol. The molecule has 4 nitrogen and oxygen atoms in total. The Morgan fingerprint density at radius 2 is 2.43 bits per heavy atom. The SMILES string of the molecule is C=Nc1c(I)c[nH]c1/C=C(\C)C(=O)O. The zero-order valence-corrected chi connectivity index (χ0v) is 9.70. The third kappa shape index (κ3) is 2.22. The normalized spacial score (nSPS) is 11.4. The van der Waals surface area contributed by atoms with Crippen molar-refractivity contribution in [2.24, 2.45) is 4.99 Å². The van der Waals surface area contributed by atoms with E-state index >= 15 is 0 Å². The molecule has 0 aromatic carbocycles. The maximum absolute atomic E-state index is 10.6. The van der Waals surface area contributed by atoms with Gasteiger partial charge in [-0.15, -0.1) is 0 Å². The molecule has 74 valence electrons. The van der Waals surface area contributed by atoms with E-state index in [0.29, 0.717) is 11.4 Å². The predicted octanol–water partition coefficient (Wildman–Crippen LogP) is 2.44. The zero-order valence-electron chi connectivity index (χ0n) is 7.54. The second-order valence-corrected chi connectivity index (χ2v) is 3.85. The molecule has 0 atom stereocenters. The number of carboxylic acids is 1. The summed E-state index contributed by atoms with van der Waals surface area (Å²) in [5, 5.41) is 8.68. The third-order valence-corrected chi connectivity index (χ3v) is 2.51. The molecule has 0 bridgehead atoms. The van der Waals surface area contributed by atoms with E-state index in [1.165, 1.54) is 13.0 Å². The van der Waals surface area contributed by atoms with Crippen LogP contribution >= 0.6 is 22.6 Å². The van der Waals surface area contributed by atoms with Crippen LogP contribution in [0.2, 0.25) is 0 Å². The fourth-order valence-corrected chi connectivity index (χ4v) is 1.57. The molecule has 0 fully saturated rings. The van der Waals surface area contributed by atoms with Gasteiger partial charge in [-0.3, -0.25) is 4.99 Å². The first kappa shape index (κ1) is 11.0. The van der Waals surface area contributed by atoms with Crippen molar-refractivity contribution in [2.45, 2.75) is 6.92 Å². The van der Waals surface area contributed by atoms with Gasteiger partial charge in [-0.25, -0.2) is 4.79 Å². The van der Waals surface area contributed by atoms with Crippen LogP contribution in [0.15, 0.2) is 16.8 Å². The summed E-state index contributed by atoms with van der Waals surface area (Å²) < 4.78 is 0.919. The predicted molar refractivity (Wildman–Crippen MR) is 64.0 cm³/mol. The highest BCUT2D eigenvalue weighted by Crippen LogP contribution is 2.26. The highest BCUT2D eigenvalue weighted by Gasteiger charge is 2.07. The summed E-state index contributed by atoms with van der Waals surface area (Å²) >= 11 is 2.10. The number of rotatable bonds is 3. The molecule has 0 saturated carbocycles. The number of aliphatic carboxylic acids is 1. The van der Waals surface area contributed by atoms with E-state index in [4.69, 9.17) is 5.11 Å². The van der Waals surface area contributed by atoms with Gasteiger partial charge in [0, 0.05) is 11.8 Å². The van der Waals surface area contributed by atoms with Crippen LogP contribution in [-0.2, 0) is 4.79 Å². The highest BCUT2D eigenvalue weighted by atomic mass is 127. The summed E-state index contributed by atoms with van der Waals surface area (Å²) in [6.45, 7) is 4.96. The lowest BCUT2D eigenvalue weighted by molar-refractivity contribution is -0.132. The largest absolute Gasteiger partial charge is 0.478 e. The smallest absolute Gasteiger partial charge is 0.331 e. The Hall–Kier alpha value is -1.11. The van der Waals surface area contributed by atoms with Crippen LogP contribution in [0.25, 0.3) is 6.08 Å². The van der Waals surface area contributed by atoms with Crippen molar-refractivity contribution in [1.82, 2.24) is 4.98 Å². The zero-order chi connectivity index (χ0) is 10.7. The van der Waals surface area contributed by atoms with Gasteiger partial charge in [0.1, 0.15) is 5.69 Å². The first-order chi connectivity index (χ1) is 6.56. The molecule has 0 aliphatic heterocycles. The van der Waals surface area contributed by atoms with Gasteiger partial charge >= 0.3 is 5.97 Å². The summed E-state index contributed by atoms with van der Waals surface area (Å²) in [6.07, 6.45) is 3.29. The Morgan fingerprint density at radius 1 is 1.79 bits per heavy atom. The average molecular weight is 304 g/mol. The quantitative estimate of drug-likeness (QED) is 0.512. The van der Waals surface area contributed by atoms with Crippen molar-refractivity contribution in [3.8, 4) is 0 Å². The standard InChI is InChI=1S/C9H9IN2O2/c1-5(9(13)14)3-7-8(11-2)6(10)4-12-7/h3-4,12H,2H2,1H3,(H,13,14)/b5-3+. The van der Waals surface area contributed by atoms with E-state index in [1.54, 1.807) is 6.20 Å². The molecule has 0 aliphatic carbocycles. The van der Waals surface area contributed by atoms with E-state index in [9.17, 15) is 4.79 Å². The molecule has 0 radical (unpaired) electrons. The fraction of sp³-hybridized carbons (Fsp3) is 0.111. The summed E-state index contributed by atoms with van der Waals surface area (Å²) in [4.78, 5) is 17.3. The number of hydrogen-bond acceptors (Lipinski definition) is 2. The van der Waals surface area contributed by atoms with Crippen LogP contribution in [0.1, 0.15) is 12.6 Å². The molecule has 1 aromatic heterocycles. The Bertz CT molecular complexity index is 407. The number of carbonyl (C=O) groups is 1. The van der Waals surface area contributed by atoms with Gasteiger partial charge < -0.3 is 10.1 Å². The minimum atomic E-state index is -0.940. The van der Waals surface area contributed by atoms with Gasteiger partial charge in [0.15, 0.2) is 0 Å². The van der Waals surface area contributed by atoms with Crippen molar-refractivity contribution in [3.63, 3.8) is 0 Å². The Kier molecular flexibility index (Phi) is 3.45. The number of aromatic amines is 1. The minimum Gasteiger partial charge on any atom is -0.478 e. The molecule has 0 unspecified atom stereocenters. The van der Waals surface area contributed by atoms with Gasteiger partial charge in [0.2, 0.25) is 0 Å². The van der Waals surface area contributed by atoms with E-state index in [-0.39, 0.29) is 5.57 Å². The summed E-state index contributed by atoms with van der Waals surface area (Å²) in [5.41, 5.74) is 1.61. The number of H-pyrrole nitrogens is 1. The van der Waals surface area contributed by atoms with Gasteiger partial charge in [-0.2, -0.15) is 0 Å². The van der Waals surface area contributed by atoms with Crippen LogP contribution in [0.4, 0.5) is 5.69 Å². The molecule has 5 heteroatoms. The fourth-order valence-electron chi connectivity index (χ4n) is 0.955. The molecule has 0 spiro atoms. The second-order valence-electron chi connectivity index (χ2n) is 2.69. The van der Waals surface area contributed by atoms with Gasteiger partial charge in [-0.1, -0.05) is 0 Å².